The van der Waals surface area contributed by atoms with Crippen LogP contribution >= 0.6 is 22.7 Å². The summed E-state index contributed by atoms with van der Waals surface area (Å²) in [6, 6.07) is 3.90. The highest BCUT2D eigenvalue weighted by Gasteiger charge is 2.18. The van der Waals surface area contributed by atoms with Gasteiger partial charge in [0.2, 0.25) is 0 Å². The van der Waals surface area contributed by atoms with Crippen LogP contribution in [0.4, 0.5) is 10.8 Å². The molecule has 0 bridgehead atoms. The quantitative estimate of drug-likeness (QED) is 0.759. The van der Waals surface area contributed by atoms with E-state index in [0.717, 1.165) is 21.6 Å². The minimum atomic E-state index is -0.235. The summed E-state index contributed by atoms with van der Waals surface area (Å²) in [5, 5.41) is 6.09. The number of hydrogen-bond acceptors (Lipinski definition) is 6. The molecular weight excluding hydrogens is 316 g/mol. The average molecular weight is 332 g/mol. The smallest absolute Gasteiger partial charge is 0.269 e. The molecule has 0 saturated carbocycles. The van der Waals surface area contributed by atoms with E-state index in [4.69, 9.17) is 5.73 Å². The molecule has 0 unspecified atom stereocenters. The number of anilines is 2. The average Bonchev–Trinajstić information content (AvgIpc) is 3.02. The van der Waals surface area contributed by atoms with Crippen molar-refractivity contribution in [3.05, 3.63) is 33.8 Å². The van der Waals surface area contributed by atoms with Gasteiger partial charge in [0, 0.05) is 16.5 Å². The number of hydrogen-bond donors (Lipinski definition) is 2. The van der Waals surface area contributed by atoms with Gasteiger partial charge in [0.05, 0.1) is 11.4 Å². The standard InChI is InChI=1S/C15H16N4OS2/c1-7(2)10-5-4-9-11(16)12(22-14(9)18-10)13(20)19-15-17-8(3)6-21-15/h4-7H,16H2,1-3H3,(H,17,19,20). The molecule has 0 aliphatic carbocycles. The summed E-state index contributed by atoms with van der Waals surface area (Å²) in [6.07, 6.45) is 0. The summed E-state index contributed by atoms with van der Waals surface area (Å²) in [4.78, 5) is 22.5. The maximum absolute atomic E-state index is 12.4. The number of carbonyl (C=O) groups excluding carboxylic acids is 1. The van der Waals surface area contributed by atoms with Crippen LogP contribution in [0.25, 0.3) is 10.2 Å². The fourth-order valence-electron chi connectivity index (χ4n) is 2.07. The normalized spacial score (nSPS) is 11.3. The highest BCUT2D eigenvalue weighted by atomic mass is 32.1. The lowest BCUT2D eigenvalue weighted by atomic mass is 10.1. The molecule has 0 aliphatic heterocycles. The number of nitrogens with one attached hydrogen (secondary N) is 1. The third kappa shape index (κ3) is 2.69. The van der Waals surface area contributed by atoms with E-state index in [1.807, 2.05) is 24.4 Å². The molecule has 5 nitrogen and oxygen atoms in total. The van der Waals surface area contributed by atoms with E-state index in [1.54, 1.807) is 0 Å². The number of nitrogens with two attached hydrogens (primary N) is 1. The van der Waals surface area contributed by atoms with Crippen LogP contribution < -0.4 is 11.1 Å². The number of nitrogens with zero attached hydrogens (tertiary/aromatic N) is 2. The Kier molecular flexibility index (Phi) is 3.84. The molecule has 0 saturated heterocycles. The molecule has 0 fully saturated rings. The van der Waals surface area contributed by atoms with Gasteiger partial charge in [-0.1, -0.05) is 13.8 Å². The van der Waals surface area contributed by atoms with Crippen LogP contribution in [0.5, 0.6) is 0 Å². The lowest BCUT2D eigenvalue weighted by Gasteiger charge is -2.03. The predicted molar refractivity (Wildman–Crippen MR) is 92.9 cm³/mol. The third-order valence-corrected chi connectivity index (χ3v) is 5.24. The molecule has 3 aromatic rings. The van der Waals surface area contributed by atoms with Gasteiger partial charge < -0.3 is 5.73 Å². The van der Waals surface area contributed by atoms with Gasteiger partial charge in [0.15, 0.2) is 5.13 Å². The molecule has 3 rings (SSSR count). The summed E-state index contributed by atoms with van der Waals surface area (Å²) in [7, 11) is 0. The third-order valence-electron chi connectivity index (χ3n) is 3.25. The van der Waals surface area contributed by atoms with Crippen molar-refractivity contribution in [2.75, 3.05) is 11.1 Å². The van der Waals surface area contributed by atoms with Crippen molar-refractivity contribution >= 4 is 49.6 Å². The Morgan fingerprint density at radius 2 is 2.09 bits per heavy atom. The second kappa shape index (κ2) is 5.66. The van der Waals surface area contributed by atoms with E-state index < -0.39 is 0 Å². The minimum Gasteiger partial charge on any atom is -0.397 e. The van der Waals surface area contributed by atoms with Crippen LogP contribution in [0, 0.1) is 6.92 Å². The summed E-state index contributed by atoms with van der Waals surface area (Å²) in [6.45, 7) is 6.06. The summed E-state index contributed by atoms with van der Waals surface area (Å²) in [5.74, 6) is 0.101. The second-order valence-electron chi connectivity index (χ2n) is 5.34. The number of thiophene rings is 1. The number of amides is 1. The van der Waals surface area contributed by atoms with Gasteiger partial charge >= 0.3 is 0 Å². The lowest BCUT2D eigenvalue weighted by molar-refractivity contribution is 0.103. The topological polar surface area (TPSA) is 80.9 Å². The number of aromatic nitrogens is 2. The summed E-state index contributed by atoms with van der Waals surface area (Å²) >= 11 is 2.72. The van der Waals surface area contributed by atoms with Crippen molar-refractivity contribution in [1.82, 2.24) is 9.97 Å². The molecule has 3 aromatic heterocycles. The molecule has 3 heterocycles. The summed E-state index contributed by atoms with van der Waals surface area (Å²) < 4.78 is 0. The Morgan fingerprint density at radius 1 is 1.32 bits per heavy atom. The molecular formula is C15H16N4OS2. The first kappa shape index (κ1) is 14.9. The zero-order valence-corrected chi connectivity index (χ0v) is 14.1. The maximum atomic E-state index is 12.4. The molecule has 114 valence electrons. The fourth-order valence-corrected chi connectivity index (χ4v) is 3.75. The van der Waals surface area contributed by atoms with Crippen LogP contribution in [0.2, 0.25) is 0 Å². The lowest BCUT2D eigenvalue weighted by Crippen LogP contribution is -2.11. The Bertz CT molecular complexity index is 850. The van der Waals surface area contributed by atoms with Crippen molar-refractivity contribution in [2.24, 2.45) is 0 Å². The number of rotatable bonds is 3. The first-order valence-electron chi connectivity index (χ1n) is 6.88. The van der Waals surface area contributed by atoms with Crippen LogP contribution in [-0.4, -0.2) is 15.9 Å². The second-order valence-corrected chi connectivity index (χ2v) is 7.19. The largest absolute Gasteiger partial charge is 0.397 e. The van der Waals surface area contributed by atoms with Crippen LogP contribution in [0.1, 0.15) is 40.8 Å². The van der Waals surface area contributed by atoms with Gasteiger partial charge in [-0.15, -0.1) is 22.7 Å². The predicted octanol–water partition coefficient (Wildman–Crippen LogP) is 4.02. The van der Waals surface area contributed by atoms with Gasteiger partial charge in [0.1, 0.15) is 9.71 Å². The van der Waals surface area contributed by atoms with E-state index in [0.29, 0.717) is 21.6 Å². The van der Waals surface area contributed by atoms with E-state index in [1.165, 1.54) is 22.7 Å². The highest BCUT2D eigenvalue weighted by Crippen LogP contribution is 2.34. The zero-order valence-electron chi connectivity index (χ0n) is 12.5. The Morgan fingerprint density at radius 3 is 2.73 bits per heavy atom. The summed E-state index contributed by atoms with van der Waals surface area (Å²) in [5.41, 5.74) is 8.48. The van der Waals surface area contributed by atoms with Crippen LogP contribution in [0.15, 0.2) is 17.5 Å². The molecule has 0 aliphatic rings. The van der Waals surface area contributed by atoms with Gasteiger partial charge in [-0.05, 0) is 25.0 Å². The zero-order chi connectivity index (χ0) is 15.9. The highest BCUT2D eigenvalue weighted by molar-refractivity contribution is 7.21. The van der Waals surface area contributed by atoms with Crippen molar-refractivity contribution in [3.63, 3.8) is 0 Å². The van der Waals surface area contributed by atoms with E-state index in [2.05, 4.69) is 29.1 Å². The minimum absolute atomic E-state index is 0.235. The van der Waals surface area contributed by atoms with E-state index in [9.17, 15) is 4.79 Å². The molecule has 0 radical (unpaired) electrons. The Hall–Kier alpha value is -1.99. The van der Waals surface area contributed by atoms with Crippen molar-refractivity contribution in [3.8, 4) is 0 Å². The Labute approximate surface area is 136 Å². The molecule has 1 amide bonds. The van der Waals surface area contributed by atoms with Gasteiger partial charge in [-0.2, -0.15) is 0 Å². The van der Waals surface area contributed by atoms with Gasteiger partial charge in [0.25, 0.3) is 5.91 Å². The van der Waals surface area contributed by atoms with E-state index in [-0.39, 0.29) is 5.91 Å². The van der Waals surface area contributed by atoms with Crippen molar-refractivity contribution < 1.29 is 4.79 Å². The Balaban J connectivity index is 1.96. The number of thiazole rings is 1. The molecule has 3 N–H and O–H groups in total. The number of nitrogen functional groups attached to an aromatic ring is 1. The van der Waals surface area contributed by atoms with Gasteiger partial charge in [-0.25, -0.2) is 9.97 Å². The molecule has 0 aromatic carbocycles. The molecule has 0 atom stereocenters. The van der Waals surface area contributed by atoms with Crippen molar-refractivity contribution in [2.45, 2.75) is 26.7 Å². The van der Waals surface area contributed by atoms with Crippen molar-refractivity contribution in [1.29, 1.82) is 0 Å². The first-order chi connectivity index (χ1) is 10.5. The van der Waals surface area contributed by atoms with Crippen LogP contribution in [0.3, 0.4) is 0 Å². The first-order valence-corrected chi connectivity index (χ1v) is 8.57. The van der Waals surface area contributed by atoms with Crippen LogP contribution in [-0.2, 0) is 0 Å². The number of carbonyl (C=O) groups is 1. The molecule has 7 heteroatoms. The fraction of sp³-hybridized carbons (Fsp3) is 0.267. The molecule has 22 heavy (non-hydrogen) atoms. The molecule has 0 spiro atoms. The number of aryl methyl sites for hydroxylation is 1. The maximum Gasteiger partial charge on any atom is 0.269 e. The number of pyridine rings is 1. The SMILES string of the molecule is Cc1csc(NC(=O)c2sc3nc(C(C)C)ccc3c2N)n1. The van der Waals surface area contributed by atoms with E-state index >= 15 is 0 Å². The monoisotopic (exact) mass is 332 g/mol. The van der Waals surface area contributed by atoms with Gasteiger partial charge in [-0.3, -0.25) is 10.1 Å². The number of fused-ring (bicyclic) bond motifs is 1.